The molecule has 3 aromatic rings. The van der Waals surface area contributed by atoms with Crippen molar-refractivity contribution in [3.8, 4) is 5.75 Å². The number of fused-ring (bicyclic) bond motifs is 1. The maximum Gasteiger partial charge on any atom is 0.307 e. The van der Waals surface area contributed by atoms with Crippen LogP contribution in [0.15, 0.2) is 36.4 Å². The maximum absolute atomic E-state index is 13.1. The van der Waals surface area contributed by atoms with Crippen LogP contribution in [0.1, 0.15) is 24.8 Å². The predicted octanol–water partition coefficient (Wildman–Crippen LogP) is 5.65. The molecule has 1 atom stereocenters. The lowest BCUT2D eigenvalue weighted by molar-refractivity contribution is -0.143. The topological polar surface area (TPSA) is 79.7 Å². The molecule has 1 amide bonds. The normalized spacial score (nSPS) is 12.0. The Labute approximate surface area is 188 Å². The van der Waals surface area contributed by atoms with Crippen LogP contribution in [0.4, 0.5) is 5.69 Å². The Hall–Kier alpha value is -2.35. The van der Waals surface area contributed by atoms with Crippen LogP contribution >= 0.6 is 34.5 Å². The van der Waals surface area contributed by atoms with E-state index in [1.54, 1.807) is 44.4 Å². The minimum atomic E-state index is -0.988. The Bertz CT molecular complexity index is 1090. The third kappa shape index (κ3) is 4.86. The van der Waals surface area contributed by atoms with Crippen molar-refractivity contribution in [2.75, 3.05) is 12.0 Å². The molecule has 3 rings (SSSR count). The first-order valence-corrected chi connectivity index (χ1v) is 10.8. The van der Waals surface area contributed by atoms with Crippen LogP contribution in [0.5, 0.6) is 5.75 Å². The molecule has 1 N–H and O–H groups in total. The van der Waals surface area contributed by atoms with Crippen LogP contribution in [0, 0.1) is 5.92 Å². The Morgan fingerprint density at radius 2 is 2.03 bits per heavy atom. The molecule has 1 unspecified atom stereocenters. The molecule has 6 nitrogen and oxygen atoms in total. The molecule has 1 heterocycles. The Balaban J connectivity index is 1.97. The summed E-state index contributed by atoms with van der Waals surface area (Å²) in [6.07, 6.45) is 0.253. The summed E-state index contributed by atoms with van der Waals surface area (Å²) in [6, 6.07) is 10.6. The zero-order valence-corrected chi connectivity index (χ0v) is 18.7. The van der Waals surface area contributed by atoms with Gasteiger partial charge in [-0.1, -0.05) is 36.2 Å². The second-order valence-corrected chi connectivity index (χ2v) is 8.54. The zero-order valence-electron chi connectivity index (χ0n) is 16.4. The zero-order chi connectivity index (χ0) is 21.8. The Morgan fingerprint density at radius 1 is 1.27 bits per heavy atom. The minimum Gasteiger partial charge on any atom is -0.497 e. The van der Waals surface area contributed by atoms with Gasteiger partial charge in [0, 0.05) is 18.2 Å². The number of anilines is 1. The summed E-state index contributed by atoms with van der Waals surface area (Å²) in [5.74, 6) is -1.46. The molecule has 30 heavy (non-hydrogen) atoms. The molecule has 0 spiro atoms. The second kappa shape index (κ2) is 9.64. The van der Waals surface area contributed by atoms with Crippen molar-refractivity contribution < 1.29 is 19.4 Å². The number of carbonyl (C=O) groups is 2. The largest absolute Gasteiger partial charge is 0.497 e. The van der Waals surface area contributed by atoms with Gasteiger partial charge in [0.1, 0.15) is 16.3 Å². The number of methoxy groups -OCH3 is 1. The summed E-state index contributed by atoms with van der Waals surface area (Å²) in [5, 5.41) is 10.8. The van der Waals surface area contributed by atoms with Gasteiger partial charge in [-0.15, -0.1) is 11.3 Å². The number of amides is 1. The third-order valence-electron chi connectivity index (χ3n) is 4.72. The van der Waals surface area contributed by atoms with Crippen LogP contribution in [-0.2, 0) is 16.1 Å². The van der Waals surface area contributed by atoms with E-state index in [4.69, 9.17) is 27.9 Å². The number of ether oxygens (including phenoxy) is 1. The van der Waals surface area contributed by atoms with Crippen LogP contribution in [0.2, 0.25) is 10.0 Å². The quantitative estimate of drug-likeness (QED) is 0.464. The van der Waals surface area contributed by atoms with Gasteiger partial charge < -0.3 is 14.7 Å². The SMILES string of the molecule is CCC(CC(=O)N(Cc1nc2c(Cl)c(Cl)ccc2s1)c1cccc(OC)c1)C(=O)O. The number of hydrogen-bond acceptors (Lipinski definition) is 5. The van der Waals surface area contributed by atoms with E-state index >= 15 is 0 Å². The lowest BCUT2D eigenvalue weighted by atomic mass is 10.0. The van der Waals surface area contributed by atoms with E-state index in [1.165, 1.54) is 16.2 Å². The van der Waals surface area contributed by atoms with Crippen LogP contribution in [-0.4, -0.2) is 29.1 Å². The molecular formula is C21H20Cl2N2O4S. The summed E-state index contributed by atoms with van der Waals surface area (Å²) in [4.78, 5) is 30.6. The van der Waals surface area contributed by atoms with Gasteiger partial charge in [0.15, 0.2) is 0 Å². The lowest BCUT2D eigenvalue weighted by Gasteiger charge is -2.23. The fourth-order valence-electron chi connectivity index (χ4n) is 3.02. The average molecular weight is 467 g/mol. The van der Waals surface area contributed by atoms with E-state index in [-0.39, 0.29) is 18.9 Å². The van der Waals surface area contributed by atoms with E-state index in [2.05, 4.69) is 4.98 Å². The first-order chi connectivity index (χ1) is 14.3. The first-order valence-electron chi connectivity index (χ1n) is 9.24. The minimum absolute atomic E-state index is 0.111. The summed E-state index contributed by atoms with van der Waals surface area (Å²) in [5.41, 5.74) is 1.18. The monoisotopic (exact) mass is 466 g/mol. The van der Waals surface area contributed by atoms with Gasteiger partial charge in [-0.05, 0) is 30.7 Å². The molecule has 0 aliphatic heterocycles. The number of thiazole rings is 1. The lowest BCUT2D eigenvalue weighted by Crippen LogP contribution is -2.33. The second-order valence-electron chi connectivity index (χ2n) is 6.64. The summed E-state index contributed by atoms with van der Waals surface area (Å²) >= 11 is 13.8. The molecule has 9 heteroatoms. The van der Waals surface area contributed by atoms with Crippen molar-refractivity contribution in [1.82, 2.24) is 4.98 Å². The van der Waals surface area contributed by atoms with Gasteiger partial charge in [0.25, 0.3) is 0 Å². The number of benzene rings is 2. The van der Waals surface area contributed by atoms with E-state index in [9.17, 15) is 14.7 Å². The highest BCUT2D eigenvalue weighted by Crippen LogP contribution is 2.34. The fraction of sp³-hybridized carbons (Fsp3) is 0.286. The highest BCUT2D eigenvalue weighted by atomic mass is 35.5. The molecule has 0 saturated carbocycles. The number of carboxylic acid groups (broad SMARTS) is 1. The van der Waals surface area contributed by atoms with Crippen molar-refractivity contribution in [1.29, 1.82) is 0 Å². The average Bonchev–Trinajstić information content (AvgIpc) is 3.16. The van der Waals surface area contributed by atoms with Crippen molar-refractivity contribution in [2.45, 2.75) is 26.3 Å². The molecule has 0 bridgehead atoms. The van der Waals surface area contributed by atoms with Gasteiger partial charge in [0.2, 0.25) is 5.91 Å². The third-order valence-corrected chi connectivity index (χ3v) is 6.52. The summed E-state index contributed by atoms with van der Waals surface area (Å²) in [6.45, 7) is 1.93. The highest BCUT2D eigenvalue weighted by Gasteiger charge is 2.25. The summed E-state index contributed by atoms with van der Waals surface area (Å²) in [7, 11) is 1.54. The number of carbonyl (C=O) groups excluding carboxylic acids is 1. The van der Waals surface area contributed by atoms with Gasteiger partial charge >= 0.3 is 5.97 Å². The molecule has 0 fully saturated rings. The van der Waals surface area contributed by atoms with Crippen molar-refractivity contribution in [3.05, 3.63) is 51.5 Å². The smallest absolute Gasteiger partial charge is 0.307 e. The molecule has 0 saturated heterocycles. The van der Waals surface area contributed by atoms with Gasteiger partial charge in [0.05, 0.1) is 34.3 Å². The Kier molecular flexibility index (Phi) is 7.18. The van der Waals surface area contributed by atoms with Crippen LogP contribution < -0.4 is 9.64 Å². The van der Waals surface area contributed by atoms with Crippen molar-refractivity contribution in [2.24, 2.45) is 5.92 Å². The molecular weight excluding hydrogens is 447 g/mol. The predicted molar refractivity (Wildman–Crippen MR) is 120 cm³/mol. The fourth-order valence-corrected chi connectivity index (χ4v) is 4.40. The van der Waals surface area contributed by atoms with Gasteiger partial charge in [-0.3, -0.25) is 9.59 Å². The van der Waals surface area contributed by atoms with E-state index < -0.39 is 11.9 Å². The van der Waals surface area contributed by atoms with Crippen molar-refractivity contribution in [3.63, 3.8) is 0 Å². The standard InChI is InChI=1S/C21H20Cl2N2O4S/c1-3-12(21(27)28)9-18(26)25(13-5-4-6-14(10-13)29-2)11-17-24-20-16(30-17)8-7-15(22)19(20)23/h4-8,10,12H,3,9,11H2,1-2H3,(H,27,28). The maximum atomic E-state index is 13.1. The molecule has 1 aromatic heterocycles. The number of halogens is 2. The van der Waals surface area contributed by atoms with Crippen LogP contribution in [0.3, 0.4) is 0 Å². The number of hydrogen-bond donors (Lipinski definition) is 1. The van der Waals surface area contributed by atoms with Crippen LogP contribution in [0.25, 0.3) is 10.2 Å². The number of carboxylic acids is 1. The molecule has 0 aliphatic rings. The highest BCUT2D eigenvalue weighted by molar-refractivity contribution is 7.18. The number of aromatic nitrogens is 1. The van der Waals surface area contributed by atoms with E-state index in [0.717, 1.165) is 4.70 Å². The van der Waals surface area contributed by atoms with E-state index in [1.807, 2.05) is 6.07 Å². The van der Waals surface area contributed by atoms with Gasteiger partial charge in [-0.2, -0.15) is 0 Å². The molecule has 0 radical (unpaired) electrons. The van der Waals surface area contributed by atoms with E-state index in [0.29, 0.717) is 38.4 Å². The van der Waals surface area contributed by atoms with Crippen molar-refractivity contribution >= 4 is 62.3 Å². The first kappa shape index (κ1) is 22.3. The number of rotatable bonds is 8. The Morgan fingerprint density at radius 3 is 2.70 bits per heavy atom. The van der Waals surface area contributed by atoms with Gasteiger partial charge in [-0.25, -0.2) is 4.98 Å². The molecule has 158 valence electrons. The number of nitrogens with zero attached hydrogens (tertiary/aromatic N) is 2. The molecule has 2 aromatic carbocycles. The number of aliphatic carboxylic acids is 1. The molecule has 0 aliphatic carbocycles. The summed E-state index contributed by atoms with van der Waals surface area (Å²) < 4.78 is 6.13.